The molecule has 0 radical (unpaired) electrons. The van der Waals surface area contributed by atoms with Crippen molar-refractivity contribution in [2.45, 2.75) is 44.9 Å². The molecule has 0 saturated carbocycles. The van der Waals surface area contributed by atoms with E-state index in [1.54, 1.807) is 11.1 Å². The molecule has 1 aromatic carbocycles. The molecule has 2 N–H and O–H groups in total. The highest BCUT2D eigenvalue weighted by molar-refractivity contribution is 5.34. The Labute approximate surface area is 92.7 Å². The zero-order valence-corrected chi connectivity index (χ0v) is 9.63. The van der Waals surface area contributed by atoms with Crippen molar-refractivity contribution in [3.8, 4) is 0 Å². The lowest BCUT2D eigenvalue weighted by atomic mass is 9.94. The minimum atomic E-state index is 0.499. The summed E-state index contributed by atoms with van der Waals surface area (Å²) in [5.74, 6) is 0.499. The third kappa shape index (κ3) is 2.40. The minimum absolute atomic E-state index is 0.499. The molecule has 0 aliphatic heterocycles. The van der Waals surface area contributed by atoms with E-state index in [1.165, 1.54) is 37.7 Å². The standard InChI is InChI=1S/C14H21N/c1-11(10-15)13-8-7-12-5-3-2-4-6-14(12)9-13/h7-9,11H,2-6,10,15H2,1H3. The molecule has 0 amide bonds. The molecule has 1 atom stereocenters. The minimum Gasteiger partial charge on any atom is -0.330 e. The third-order valence-electron chi connectivity index (χ3n) is 3.55. The molecule has 1 aromatic rings. The van der Waals surface area contributed by atoms with Crippen molar-refractivity contribution in [2.24, 2.45) is 5.73 Å². The lowest BCUT2D eigenvalue weighted by molar-refractivity contribution is 0.711. The van der Waals surface area contributed by atoms with Gasteiger partial charge < -0.3 is 5.73 Å². The first-order chi connectivity index (χ1) is 7.31. The summed E-state index contributed by atoms with van der Waals surface area (Å²) in [5.41, 5.74) is 10.3. The van der Waals surface area contributed by atoms with E-state index in [9.17, 15) is 0 Å². The van der Waals surface area contributed by atoms with Crippen LogP contribution in [0, 0.1) is 0 Å². The molecule has 1 aliphatic rings. The van der Waals surface area contributed by atoms with Crippen molar-refractivity contribution in [1.29, 1.82) is 0 Å². The fourth-order valence-electron chi connectivity index (χ4n) is 2.37. The number of fused-ring (bicyclic) bond motifs is 1. The number of rotatable bonds is 2. The molecule has 2 rings (SSSR count). The van der Waals surface area contributed by atoms with Crippen LogP contribution < -0.4 is 5.73 Å². The predicted molar refractivity (Wildman–Crippen MR) is 65.2 cm³/mol. The van der Waals surface area contributed by atoms with Crippen LogP contribution in [0.5, 0.6) is 0 Å². The maximum absolute atomic E-state index is 5.71. The number of benzene rings is 1. The zero-order valence-electron chi connectivity index (χ0n) is 9.63. The fraction of sp³-hybridized carbons (Fsp3) is 0.571. The van der Waals surface area contributed by atoms with Gasteiger partial charge in [0, 0.05) is 0 Å². The molecule has 1 nitrogen and oxygen atoms in total. The maximum Gasteiger partial charge on any atom is -0.00109 e. The molecule has 1 unspecified atom stereocenters. The monoisotopic (exact) mass is 203 g/mol. The van der Waals surface area contributed by atoms with Crippen molar-refractivity contribution in [3.05, 3.63) is 34.9 Å². The molecule has 82 valence electrons. The van der Waals surface area contributed by atoms with Crippen molar-refractivity contribution in [2.75, 3.05) is 6.54 Å². The lowest BCUT2D eigenvalue weighted by Gasteiger charge is -2.13. The largest absolute Gasteiger partial charge is 0.330 e. The Morgan fingerprint density at radius 3 is 2.60 bits per heavy atom. The second-order valence-electron chi connectivity index (χ2n) is 4.73. The molecule has 0 saturated heterocycles. The molecular formula is C14H21N. The average molecular weight is 203 g/mol. The van der Waals surface area contributed by atoms with Crippen LogP contribution in [0.1, 0.15) is 48.8 Å². The first-order valence-corrected chi connectivity index (χ1v) is 6.13. The van der Waals surface area contributed by atoms with Crippen molar-refractivity contribution < 1.29 is 0 Å². The Balaban J connectivity index is 2.27. The third-order valence-corrected chi connectivity index (χ3v) is 3.55. The topological polar surface area (TPSA) is 26.0 Å². The normalized spacial score (nSPS) is 18.0. The zero-order chi connectivity index (χ0) is 10.7. The first kappa shape index (κ1) is 10.7. The molecule has 0 bridgehead atoms. The van der Waals surface area contributed by atoms with Crippen LogP contribution in [0.4, 0.5) is 0 Å². The molecule has 0 spiro atoms. The lowest BCUT2D eigenvalue weighted by Crippen LogP contribution is -2.09. The van der Waals surface area contributed by atoms with E-state index in [-0.39, 0.29) is 0 Å². The van der Waals surface area contributed by atoms with E-state index in [0.29, 0.717) is 5.92 Å². The molecule has 1 heteroatoms. The summed E-state index contributed by atoms with van der Waals surface area (Å²) >= 11 is 0. The quantitative estimate of drug-likeness (QED) is 0.735. The van der Waals surface area contributed by atoms with Crippen LogP contribution in [0.25, 0.3) is 0 Å². The van der Waals surface area contributed by atoms with Crippen LogP contribution in [0.15, 0.2) is 18.2 Å². The molecule has 0 heterocycles. The summed E-state index contributed by atoms with van der Waals surface area (Å²) in [6, 6.07) is 6.97. The van der Waals surface area contributed by atoms with Gasteiger partial charge in [0.05, 0.1) is 0 Å². The van der Waals surface area contributed by atoms with Gasteiger partial charge in [0.2, 0.25) is 0 Å². The number of hydrogen-bond acceptors (Lipinski definition) is 1. The SMILES string of the molecule is CC(CN)c1ccc2c(c1)CCCCC2. The second kappa shape index (κ2) is 4.80. The number of hydrogen-bond donors (Lipinski definition) is 1. The van der Waals surface area contributed by atoms with Gasteiger partial charge in [-0.25, -0.2) is 0 Å². The molecular weight excluding hydrogens is 182 g/mol. The van der Waals surface area contributed by atoms with Gasteiger partial charge in [-0.3, -0.25) is 0 Å². The van der Waals surface area contributed by atoms with E-state index in [1.807, 2.05) is 0 Å². The van der Waals surface area contributed by atoms with Gasteiger partial charge in [0.25, 0.3) is 0 Å². The number of nitrogens with two attached hydrogens (primary N) is 1. The van der Waals surface area contributed by atoms with Crippen molar-refractivity contribution >= 4 is 0 Å². The smallest absolute Gasteiger partial charge is 0.00109 e. The summed E-state index contributed by atoms with van der Waals surface area (Å²) in [6.45, 7) is 2.96. The molecule has 15 heavy (non-hydrogen) atoms. The Hall–Kier alpha value is -0.820. The highest BCUT2D eigenvalue weighted by Gasteiger charge is 2.10. The molecule has 0 aromatic heterocycles. The maximum atomic E-state index is 5.71. The van der Waals surface area contributed by atoms with Gasteiger partial charge in [-0.15, -0.1) is 0 Å². The average Bonchev–Trinajstić information content (AvgIpc) is 2.51. The van der Waals surface area contributed by atoms with Crippen molar-refractivity contribution in [3.63, 3.8) is 0 Å². The Morgan fingerprint density at radius 2 is 1.87 bits per heavy atom. The summed E-state index contributed by atoms with van der Waals surface area (Å²) in [5, 5.41) is 0. The van der Waals surface area contributed by atoms with E-state index >= 15 is 0 Å². The van der Waals surface area contributed by atoms with Crippen LogP contribution in [-0.2, 0) is 12.8 Å². The van der Waals surface area contributed by atoms with Gasteiger partial charge >= 0.3 is 0 Å². The Bertz CT molecular complexity index is 330. The molecule has 0 fully saturated rings. The van der Waals surface area contributed by atoms with Gasteiger partial charge in [-0.1, -0.05) is 31.5 Å². The second-order valence-corrected chi connectivity index (χ2v) is 4.73. The van der Waals surface area contributed by atoms with E-state index in [2.05, 4.69) is 25.1 Å². The van der Waals surface area contributed by atoms with E-state index < -0.39 is 0 Å². The summed E-state index contributed by atoms with van der Waals surface area (Å²) in [7, 11) is 0. The van der Waals surface area contributed by atoms with Crippen molar-refractivity contribution in [1.82, 2.24) is 0 Å². The van der Waals surface area contributed by atoms with Crippen LogP contribution in [0.3, 0.4) is 0 Å². The summed E-state index contributed by atoms with van der Waals surface area (Å²) in [6.07, 6.45) is 6.63. The van der Waals surface area contributed by atoms with Crippen LogP contribution >= 0.6 is 0 Å². The van der Waals surface area contributed by atoms with E-state index in [0.717, 1.165) is 6.54 Å². The summed E-state index contributed by atoms with van der Waals surface area (Å²) < 4.78 is 0. The predicted octanol–water partition coefficient (Wildman–Crippen LogP) is 3.02. The highest BCUT2D eigenvalue weighted by Crippen LogP contribution is 2.24. The van der Waals surface area contributed by atoms with Gasteiger partial charge in [-0.2, -0.15) is 0 Å². The number of aryl methyl sites for hydroxylation is 2. The van der Waals surface area contributed by atoms with Crippen LogP contribution in [-0.4, -0.2) is 6.54 Å². The Morgan fingerprint density at radius 1 is 1.13 bits per heavy atom. The highest BCUT2D eigenvalue weighted by atomic mass is 14.5. The van der Waals surface area contributed by atoms with Gasteiger partial charge in [-0.05, 0) is 54.8 Å². The Kier molecular flexibility index (Phi) is 3.42. The summed E-state index contributed by atoms with van der Waals surface area (Å²) in [4.78, 5) is 0. The first-order valence-electron chi connectivity index (χ1n) is 6.13. The van der Waals surface area contributed by atoms with Crippen LogP contribution in [0.2, 0.25) is 0 Å². The van der Waals surface area contributed by atoms with Gasteiger partial charge in [0.15, 0.2) is 0 Å². The van der Waals surface area contributed by atoms with Gasteiger partial charge in [0.1, 0.15) is 0 Å². The molecule has 1 aliphatic carbocycles. The van der Waals surface area contributed by atoms with E-state index in [4.69, 9.17) is 5.73 Å². The fourth-order valence-corrected chi connectivity index (χ4v) is 2.37.